The molecule has 1 fully saturated rings. The summed E-state index contributed by atoms with van der Waals surface area (Å²) < 4.78 is 0. The Kier molecular flexibility index (Phi) is 2.85. The minimum absolute atomic E-state index is 0.0648. The van der Waals surface area contributed by atoms with Gasteiger partial charge in [-0.25, -0.2) is 0 Å². The molecule has 76 valence electrons. The lowest BCUT2D eigenvalue weighted by Gasteiger charge is -2.32. The van der Waals surface area contributed by atoms with Crippen LogP contribution in [0.25, 0.3) is 0 Å². The Bertz CT molecular complexity index is 305. The van der Waals surface area contributed by atoms with Gasteiger partial charge in [-0.15, -0.1) is 0 Å². The maximum Gasteiger partial charge on any atom is 0.0570 e. The highest BCUT2D eigenvalue weighted by Crippen LogP contribution is 2.19. The Labute approximate surface area is 85.0 Å². The second kappa shape index (κ2) is 4.11. The molecule has 0 radical (unpaired) electrons. The van der Waals surface area contributed by atoms with E-state index in [0.29, 0.717) is 6.04 Å². The molecule has 1 saturated carbocycles. The number of aliphatic hydroxyl groups is 1. The van der Waals surface area contributed by atoms with Crippen LogP contribution in [0.5, 0.6) is 0 Å². The molecule has 1 aromatic rings. The maximum atomic E-state index is 9.12. The average Bonchev–Trinajstić information content (AvgIpc) is 2.11. The van der Waals surface area contributed by atoms with E-state index in [2.05, 4.69) is 36.5 Å². The first-order valence-corrected chi connectivity index (χ1v) is 5.21. The van der Waals surface area contributed by atoms with Crippen molar-refractivity contribution in [3.8, 4) is 0 Å². The lowest BCUT2D eigenvalue weighted by Crippen LogP contribution is -2.43. The normalized spacial score (nSPS) is 25.9. The molecule has 0 aromatic heterocycles. The van der Waals surface area contributed by atoms with Crippen LogP contribution >= 0.6 is 0 Å². The van der Waals surface area contributed by atoms with Crippen molar-refractivity contribution in [1.82, 2.24) is 5.32 Å². The molecule has 0 atom stereocenters. The van der Waals surface area contributed by atoms with Gasteiger partial charge in [0.05, 0.1) is 6.10 Å². The molecule has 2 N–H and O–H groups in total. The van der Waals surface area contributed by atoms with Crippen LogP contribution in [0.3, 0.4) is 0 Å². The van der Waals surface area contributed by atoms with Crippen LogP contribution < -0.4 is 5.32 Å². The van der Waals surface area contributed by atoms with Crippen LogP contribution in [0.1, 0.15) is 24.0 Å². The molecular weight excluding hydrogens is 174 g/mol. The van der Waals surface area contributed by atoms with Crippen molar-refractivity contribution < 1.29 is 5.11 Å². The van der Waals surface area contributed by atoms with Crippen LogP contribution in [-0.2, 0) is 6.54 Å². The first-order valence-electron chi connectivity index (χ1n) is 5.21. The molecule has 0 saturated heterocycles. The Balaban J connectivity index is 1.80. The van der Waals surface area contributed by atoms with E-state index in [4.69, 9.17) is 5.11 Å². The number of aryl methyl sites for hydroxylation is 1. The van der Waals surface area contributed by atoms with E-state index in [-0.39, 0.29) is 6.10 Å². The van der Waals surface area contributed by atoms with E-state index < -0.39 is 0 Å². The van der Waals surface area contributed by atoms with Crippen LogP contribution in [0.2, 0.25) is 0 Å². The lowest BCUT2D eigenvalue weighted by molar-refractivity contribution is 0.0619. The van der Waals surface area contributed by atoms with Crippen LogP contribution in [0, 0.1) is 6.92 Å². The van der Waals surface area contributed by atoms with Crippen molar-refractivity contribution >= 4 is 0 Å². The minimum atomic E-state index is -0.0648. The van der Waals surface area contributed by atoms with Crippen LogP contribution in [0.4, 0.5) is 0 Å². The SMILES string of the molecule is Cc1cccc(CNC2CC(O)C2)c1. The van der Waals surface area contributed by atoms with Crippen molar-refractivity contribution in [2.45, 2.75) is 38.5 Å². The van der Waals surface area contributed by atoms with Gasteiger partial charge >= 0.3 is 0 Å². The van der Waals surface area contributed by atoms with Crippen molar-refractivity contribution in [3.63, 3.8) is 0 Å². The molecule has 0 bridgehead atoms. The monoisotopic (exact) mass is 191 g/mol. The standard InChI is InChI=1S/C12H17NO/c1-9-3-2-4-10(5-9)8-13-11-6-12(14)7-11/h2-5,11-14H,6-8H2,1H3. The highest BCUT2D eigenvalue weighted by Gasteiger charge is 2.26. The van der Waals surface area contributed by atoms with Gasteiger partial charge in [-0.05, 0) is 25.3 Å². The van der Waals surface area contributed by atoms with E-state index in [9.17, 15) is 0 Å². The maximum absolute atomic E-state index is 9.12. The van der Waals surface area contributed by atoms with E-state index in [1.165, 1.54) is 11.1 Å². The molecule has 2 nitrogen and oxygen atoms in total. The lowest BCUT2D eigenvalue weighted by atomic mass is 9.89. The fourth-order valence-electron chi connectivity index (χ4n) is 1.84. The Morgan fingerprint density at radius 2 is 2.21 bits per heavy atom. The number of aliphatic hydroxyl groups excluding tert-OH is 1. The number of hydrogen-bond acceptors (Lipinski definition) is 2. The Morgan fingerprint density at radius 3 is 2.86 bits per heavy atom. The quantitative estimate of drug-likeness (QED) is 0.760. The highest BCUT2D eigenvalue weighted by atomic mass is 16.3. The molecule has 2 rings (SSSR count). The summed E-state index contributed by atoms with van der Waals surface area (Å²) in [5.41, 5.74) is 2.63. The summed E-state index contributed by atoms with van der Waals surface area (Å²) in [5, 5.41) is 12.6. The van der Waals surface area contributed by atoms with E-state index >= 15 is 0 Å². The van der Waals surface area contributed by atoms with E-state index in [1.54, 1.807) is 0 Å². The second-order valence-electron chi connectivity index (χ2n) is 4.19. The van der Waals surface area contributed by atoms with Gasteiger partial charge in [0.25, 0.3) is 0 Å². The van der Waals surface area contributed by atoms with Gasteiger partial charge in [0, 0.05) is 12.6 Å². The van der Waals surface area contributed by atoms with E-state index in [1.807, 2.05) is 0 Å². The molecule has 0 spiro atoms. The molecule has 14 heavy (non-hydrogen) atoms. The summed E-state index contributed by atoms with van der Waals surface area (Å²) in [6.45, 7) is 3.02. The first kappa shape index (κ1) is 9.69. The predicted octanol–water partition coefficient (Wildman–Crippen LogP) is 1.61. The fraction of sp³-hybridized carbons (Fsp3) is 0.500. The number of rotatable bonds is 3. The van der Waals surface area contributed by atoms with Crippen molar-refractivity contribution in [2.24, 2.45) is 0 Å². The number of nitrogens with one attached hydrogen (secondary N) is 1. The summed E-state index contributed by atoms with van der Waals surface area (Å²) >= 11 is 0. The summed E-state index contributed by atoms with van der Waals surface area (Å²) in [4.78, 5) is 0. The number of hydrogen-bond donors (Lipinski definition) is 2. The van der Waals surface area contributed by atoms with Gasteiger partial charge in [0.15, 0.2) is 0 Å². The third kappa shape index (κ3) is 2.34. The third-order valence-electron chi connectivity index (χ3n) is 2.79. The Morgan fingerprint density at radius 1 is 1.43 bits per heavy atom. The molecule has 0 amide bonds. The fourth-order valence-corrected chi connectivity index (χ4v) is 1.84. The average molecular weight is 191 g/mol. The van der Waals surface area contributed by atoms with Crippen molar-refractivity contribution in [1.29, 1.82) is 0 Å². The molecule has 0 aliphatic heterocycles. The second-order valence-corrected chi connectivity index (χ2v) is 4.19. The first-order chi connectivity index (χ1) is 6.74. The smallest absolute Gasteiger partial charge is 0.0570 e. The zero-order chi connectivity index (χ0) is 9.97. The predicted molar refractivity (Wildman–Crippen MR) is 57.0 cm³/mol. The molecule has 0 unspecified atom stereocenters. The van der Waals surface area contributed by atoms with Gasteiger partial charge in [-0.3, -0.25) is 0 Å². The molecule has 1 aliphatic carbocycles. The third-order valence-corrected chi connectivity index (χ3v) is 2.79. The summed E-state index contributed by atoms with van der Waals surface area (Å²) in [7, 11) is 0. The van der Waals surface area contributed by atoms with Crippen LogP contribution in [0.15, 0.2) is 24.3 Å². The number of benzene rings is 1. The minimum Gasteiger partial charge on any atom is -0.393 e. The van der Waals surface area contributed by atoms with Gasteiger partial charge in [0.1, 0.15) is 0 Å². The van der Waals surface area contributed by atoms with Gasteiger partial charge in [0.2, 0.25) is 0 Å². The topological polar surface area (TPSA) is 32.3 Å². The van der Waals surface area contributed by atoms with Crippen molar-refractivity contribution in [3.05, 3.63) is 35.4 Å². The molecule has 2 heteroatoms. The van der Waals surface area contributed by atoms with Gasteiger partial charge < -0.3 is 10.4 Å². The van der Waals surface area contributed by atoms with E-state index in [0.717, 1.165) is 19.4 Å². The largest absolute Gasteiger partial charge is 0.393 e. The molecule has 0 heterocycles. The molecular formula is C12H17NO. The summed E-state index contributed by atoms with van der Waals surface area (Å²) in [6, 6.07) is 9.04. The van der Waals surface area contributed by atoms with Gasteiger partial charge in [-0.2, -0.15) is 0 Å². The summed E-state index contributed by atoms with van der Waals surface area (Å²) in [6.07, 6.45) is 1.75. The molecule has 1 aromatic carbocycles. The van der Waals surface area contributed by atoms with Crippen LogP contribution in [-0.4, -0.2) is 17.3 Å². The molecule has 1 aliphatic rings. The zero-order valence-electron chi connectivity index (χ0n) is 8.53. The van der Waals surface area contributed by atoms with Gasteiger partial charge in [-0.1, -0.05) is 29.8 Å². The highest BCUT2D eigenvalue weighted by molar-refractivity contribution is 5.22. The van der Waals surface area contributed by atoms with Crippen molar-refractivity contribution in [2.75, 3.05) is 0 Å². The summed E-state index contributed by atoms with van der Waals surface area (Å²) in [5.74, 6) is 0. The zero-order valence-corrected chi connectivity index (χ0v) is 8.53. The Hall–Kier alpha value is -0.860.